The number of amides is 1. The molecule has 1 aliphatic heterocycles. The molecule has 1 fully saturated rings. The highest BCUT2D eigenvalue weighted by Gasteiger charge is 2.46. The van der Waals surface area contributed by atoms with E-state index in [1.54, 1.807) is 30.3 Å². The van der Waals surface area contributed by atoms with Crippen molar-refractivity contribution in [2.75, 3.05) is 11.9 Å². The van der Waals surface area contributed by atoms with E-state index in [2.05, 4.69) is 5.32 Å². The van der Waals surface area contributed by atoms with Crippen LogP contribution in [-0.2, 0) is 9.53 Å². The van der Waals surface area contributed by atoms with Gasteiger partial charge in [0.2, 0.25) is 0 Å². The number of carbonyl (C=O) groups is 1. The monoisotopic (exact) mass is 283 g/mol. The van der Waals surface area contributed by atoms with Crippen molar-refractivity contribution in [1.82, 2.24) is 0 Å². The SMILES string of the molecule is O=C(Nc1ccccc1)[C@@H]1O[C@@H](CO)[C@H](O)[C@@H](O)[C@@H]1O. The Labute approximate surface area is 115 Å². The van der Waals surface area contributed by atoms with Crippen molar-refractivity contribution in [2.24, 2.45) is 0 Å². The molecule has 0 bridgehead atoms. The fourth-order valence-electron chi connectivity index (χ4n) is 2.05. The van der Waals surface area contributed by atoms with Gasteiger partial charge in [0, 0.05) is 5.69 Å². The average molecular weight is 283 g/mol. The summed E-state index contributed by atoms with van der Waals surface area (Å²) in [7, 11) is 0. The summed E-state index contributed by atoms with van der Waals surface area (Å²) < 4.78 is 5.14. The first kappa shape index (κ1) is 14.9. The van der Waals surface area contributed by atoms with E-state index >= 15 is 0 Å². The maximum atomic E-state index is 12.0. The second-order valence-corrected chi connectivity index (χ2v) is 4.60. The summed E-state index contributed by atoms with van der Waals surface area (Å²) in [5.74, 6) is -0.659. The third kappa shape index (κ3) is 2.97. The molecule has 110 valence electrons. The van der Waals surface area contributed by atoms with Crippen LogP contribution in [0.5, 0.6) is 0 Å². The van der Waals surface area contributed by atoms with Crippen LogP contribution in [0, 0.1) is 0 Å². The van der Waals surface area contributed by atoms with Gasteiger partial charge in [-0.25, -0.2) is 0 Å². The van der Waals surface area contributed by atoms with E-state index in [1.165, 1.54) is 0 Å². The maximum Gasteiger partial charge on any atom is 0.256 e. The molecule has 1 aliphatic rings. The minimum absolute atomic E-state index is 0.509. The molecule has 1 aromatic carbocycles. The number of nitrogens with one attached hydrogen (secondary N) is 1. The van der Waals surface area contributed by atoms with Gasteiger partial charge in [-0.05, 0) is 12.1 Å². The van der Waals surface area contributed by atoms with E-state index in [9.17, 15) is 20.1 Å². The normalized spacial score (nSPS) is 33.7. The number of hydrogen-bond donors (Lipinski definition) is 5. The second-order valence-electron chi connectivity index (χ2n) is 4.60. The molecule has 0 aromatic heterocycles. The Balaban J connectivity index is 2.08. The first-order valence-electron chi connectivity index (χ1n) is 6.21. The van der Waals surface area contributed by atoms with Gasteiger partial charge in [0.25, 0.3) is 5.91 Å². The number of aliphatic hydroxyl groups is 4. The van der Waals surface area contributed by atoms with Crippen molar-refractivity contribution in [3.63, 3.8) is 0 Å². The molecule has 0 aliphatic carbocycles. The first-order valence-corrected chi connectivity index (χ1v) is 6.21. The zero-order chi connectivity index (χ0) is 14.7. The number of aliphatic hydroxyl groups excluding tert-OH is 4. The van der Waals surface area contributed by atoms with Crippen LogP contribution in [0.4, 0.5) is 5.69 Å². The van der Waals surface area contributed by atoms with Crippen molar-refractivity contribution in [1.29, 1.82) is 0 Å². The van der Waals surface area contributed by atoms with Crippen LogP contribution >= 0.6 is 0 Å². The maximum absolute atomic E-state index is 12.0. The molecule has 1 saturated heterocycles. The van der Waals surface area contributed by atoms with Crippen molar-refractivity contribution in [3.05, 3.63) is 30.3 Å². The topological polar surface area (TPSA) is 119 Å². The summed E-state index contributed by atoms with van der Waals surface area (Å²) >= 11 is 0. The van der Waals surface area contributed by atoms with Gasteiger partial charge in [-0.3, -0.25) is 4.79 Å². The molecule has 7 nitrogen and oxygen atoms in total. The Bertz CT molecular complexity index is 451. The molecule has 20 heavy (non-hydrogen) atoms. The molecule has 1 heterocycles. The smallest absolute Gasteiger partial charge is 0.256 e. The van der Waals surface area contributed by atoms with Crippen molar-refractivity contribution < 1.29 is 30.0 Å². The Morgan fingerprint density at radius 2 is 1.75 bits per heavy atom. The Kier molecular flexibility index (Phi) is 4.69. The minimum Gasteiger partial charge on any atom is -0.394 e. The average Bonchev–Trinajstić information content (AvgIpc) is 2.46. The van der Waals surface area contributed by atoms with E-state index in [4.69, 9.17) is 9.84 Å². The lowest BCUT2D eigenvalue weighted by Gasteiger charge is -2.39. The van der Waals surface area contributed by atoms with Crippen molar-refractivity contribution in [2.45, 2.75) is 30.5 Å². The predicted octanol–water partition coefficient (Wildman–Crippen LogP) is -1.53. The molecule has 0 radical (unpaired) electrons. The summed E-state index contributed by atoms with van der Waals surface area (Å²) in [6.07, 6.45) is -7.08. The highest BCUT2D eigenvalue weighted by Crippen LogP contribution is 2.22. The number of para-hydroxylation sites is 1. The van der Waals surface area contributed by atoms with Gasteiger partial charge in [0.05, 0.1) is 6.61 Å². The van der Waals surface area contributed by atoms with Gasteiger partial charge in [-0.2, -0.15) is 0 Å². The van der Waals surface area contributed by atoms with E-state index in [-0.39, 0.29) is 0 Å². The van der Waals surface area contributed by atoms with Gasteiger partial charge in [0.1, 0.15) is 24.4 Å². The quantitative estimate of drug-likeness (QED) is 0.459. The number of carbonyl (C=O) groups excluding carboxylic acids is 1. The summed E-state index contributed by atoms with van der Waals surface area (Å²) in [4.78, 5) is 12.0. The summed E-state index contributed by atoms with van der Waals surface area (Å²) in [5.41, 5.74) is 0.509. The number of benzene rings is 1. The molecule has 1 amide bonds. The van der Waals surface area contributed by atoms with Gasteiger partial charge in [-0.1, -0.05) is 18.2 Å². The number of rotatable bonds is 3. The number of ether oxygens (including phenoxy) is 1. The second kappa shape index (κ2) is 6.29. The standard InChI is InChI=1S/C13H17NO6/c15-6-8-9(16)10(17)11(18)12(20-8)13(19)14-7-4-2-1-3-5-7/h1-5,8-12,15-18H,6H2,(H,14,19)/t8-,9-,10+,11-,12+/m0/s1. The molecular formula is C13H17NO6. The molecule has 0 saturated carbocycles. The highest BCUT2D eigenvalue weighted by molar-refractivity contribution is 5.94. The Morgan fingerprint density at radius 3 is 2.35 bits per heavy atom. The fourth-order valence-corrected chi connectivity index (χ4v) is 2.05. The third-order valence-electron chi connectivity index (χ3n) is 3.19. The molecule has 2 rings (SSSR count). The molecule has 5 atom stereocenters. The lowest BCUT2D eigenvalue weighted by molar-refractivity contribution is -0.224. The Hall–Kier alpha value is -1.51. The third-order valence-corrected chi connectivity index (χ3v) is 3.19. The summed E-state index contributed by atoms with van der Waals surface area (Å²) in [6.45, 7) is -0.569. The predicted molar refractivity (Wildman–Crippen MR) is 68.8 cm³/mol. The fraction of sp³-hybridized carbons (Fsp3) is 0.462. The summed E-state index contributed by atoms with van der Waals surface area (Å²) in [5, 5.41) is 40.6. The van der Waals surface area contributed by atoms with Gasteiger partial charge in [-0.15, -0.1) is 0 Å². The van der Waals surface area contributed by atoms with Gasteiger partial charge < -0.3 is 30.5 Å². The molecule has 0 unspecified atom stereocenters. The van der Waals surface area contributed by atoms with Crippen LogP contribution in [0.2, 0.25) is 0 Å². The number of anilines is 1. The molecule has 5 N–H and O–H groups in total. The van der Waals surface area contributed by atoms with E-state index in [1.807, 2.05) is 0 Å². The van der Waals surface area contributed by atoms with Crippen LogP contribution in [0.1, 0.15) is 0 Å². The largest absolute Gasteiger partial charge is 0.394 e. The molecule has 7 heteroatoms. The lowest BCUT2D eigenvalue weighted by atomic mass is 9.94. The van der Waals surface area contributed by atoms with Crippen LogP contribution in [0.3, 0.4) is 0 Å². The Morgan fingerprint density at radius 1 is 1.10 bits per heavy atom. The van der Waals surface area contributed by atoms with Gasteiger partial charge in [0.15, 0.2) is 6.10 Å². The molecular weight excluding hydrogens is 266 g/mol. The zero-order valence-electron chi connectivity index (χ0n) is 10.6. The van der Waals surface area contributed by atoms with Crippen LogP contribution < -0.4 is 5.32 Å². The van der Waals surface area contributed by atoms with Crippen LogP contribution in [0.15, 0.2) is 30.3 Å². The summed E-state index contributed by atoms with van der Waals surface area (Å²) in [6, 6.07) is 8.54. The molecule has 0 spiro atoms. The van der Waals surface area contributed by atoms with Crippen molar-refractivity contribution >= 4 is 11.6 Å². The van der Waals surface area contributed by atoms with Crippen LogP contribution in [-0.4, -0.2) is 63.5 Å². The van der Waals surface area contributed by atoms with E-state index in [0.717, 1.165) is 0 Å². The van der Waals surface area contributed by atoms with Gasteiger partial charge >= 0.3 is 0 Å². The highest BCUT2D eigenvalue weighted by atomic mass is 16.5. The lowest BCUT2D eigenvalue weighted by Crippen LogP contribution is -2.61. The van der Waals surface area contributed by atoms with E-state index < -0.39 is 43.0 Å². The van der Waals surface area contributed by atoms with E-state index in [0.29, 0.717) is 5.69 Å². The minimum atomic E-state index is -1.57. The number of hydrogen-bond acceptors (Lipinski definition) is 6. The molecule has 1 aromatic rings. The van der Waals surface area contributed by atoms with Crippen molar-refractivity contribution in [3.8, 4) is 0 Å². The van der Waals surface area contributed by atoms with Crippen LogP contribution in [0.25, 0.3) is 0 Å². The zero-order valence-corrected chi connectivity index (χ0v) is 10.6. The first-order chi connectivity index (χ1) is 9.54.